The highest BCUT2D eigenvalue weighted by Crippen LogP contribution is 2.33. The summed E-state index contributed by atoms with van der Waals surface area (Å²) in [7, 11) is 1.77. The minimum Gasteiger partial charge on any atom is -0.487 e. The lowest BCUT2D eigenvalue weighted by Gasteiger charge is -2.16. The van der Waals surface area contributed by atoms with Crippen LogP contribution in [0.25, 0.3) is 22.3 Å². The molecule has 8 nitrogen and oxygen atoms in total. The van der Waals surface area contributed by atoms with Crippen LogP contribution in [0.1, 0.15) is 33.8 Å². The summed E-state index contributed by atoms with van der Waals surface area (Å²) in [5.41, 5.74) is 2.04. The molecule has 11 heteroatoms. The number of nitriles is 1. The normalized spacial score (nSPS) is 11.5. The maximum atomic E-state index is 13.3. The summed E-state index contributed by atoms with van der Waals surface area (Å²) in [4.78, 5) is 26.0. The Morgan fingerprint density at radius 1 is 1.10 bits per heavy atom. The lowest BCUT2D eigenvalue weighted by Crippen LogP contribution is -2.29. The predicted molar refractivity (Wildman–Crippen MR) is 142 cm³/mol. The van der Waals surface area contributed by atoms with Gasteiger partial charge in [0.2, 0.25) is 0 Å². The summed E-state index contributed by atoms with van der Waals surface area (Å²) in [5, 5.41) is 10.1. The van der Waals surface area contributed by atoms with Crippen molar-refractivity contribution in [2.45, 2.75) is 33.2 Å². The second-order valence-corrected chi connectivity index (χ2v) is 9.30. The molecule has 202 valence electrons. The van der Waals surface area contributed by atoms with E-state index in [9.17, 15) is 23.2 Å². The van der Waals surface area contributed by atoms with E-state index in [4.69, 9.17) is 9.72 Å². The Morgan fingerprint density at radius 2 is 1.90 bits per heavy atom. The number of aryl methyl sites for hydroxylation is 2. The van der Waals surface area contributed by atoms with Gasteiger partial charge in [-0.15, -0.1) is 0 Å². The number of fused-ring (bicyclic) bond motifs is 1. The second-order valence-electron chi connectivity index (χ2n) is 9.30. The summed E-state index contributed by atoms with van der Waals surface area (Å²) < 4.78 is 48.8. The average Bonchev–Trinajstić information content (AvgIpc) is 3.28. The zero-order valence-electron chi connectivity index (χ0n) is 21.8. The van der Waals surface area contributed by atoms with Crippen molar-refractivity contribution in [3.05, 3.63) is 105 Å². The molecule has 0 fully saturated rings. The van der Waals surface area contributed by atoms with Crippen molar-refractivity contribution in [3.8, 4) is 23.2 Å². The molecule has 40 heavy (non-hydrogen) atoms. The number of imidazole rings is 1. The molecule has 0 aliphatic carbocycles. The number of rotatable bonds is 6. The molecule has 5 aromatic rings. The summed E-state index contributed by atoms with van der Waals surface area (Å²) in [6.07, 6.45) is -0.389. The van der Waals surface area contributed by atoms with Gasteiger partial charge in [-0.25, -0.2) is 9.97 Å². The lowest BCUT2D eigenvalue weighted by molar-refractivity contribution is -0.138. The molecule has 1 aromatic carbocycles. The fourth-order valence-electron chi connectivity index (χ4n) is 4.58. The molecule has 4 aromatic heterocycles. The van der Waals surface area contributed by atoms with Gasteiger partial charge >= 0.3 is 6.18 Å². The number of benzene rings is 1. The van der Waals surface area contributed by atoms with Gasteiger partial charge in [0.15, 0.2) is 0 Å². The van der Waals surface area contributed by atoms with E-state index in [1.165, 1.54) is 18.5 Å². The predicted octanol–water partition coefficient (Wildman–Crippen LogP) is 5.33. The molecule has 0 atom stereocenters. The van der Waals surface area contributed by atoms with Crippen molar-refractivity contribution in [1.29, 1.82) is 5.26 Å². The monoisotopic (exact) mass is 544 g/mol. The molecule has 0 unspecified atom stereocenters. The standard InChI is InChI=1S/C29H23F3N6O2/c1-17-9-10-34-24(15-38-11-5-7-23(28(38)39)29(30,31)32)22(17)16-40-25-8-4-6-20-21(12-18(2)36-26(20)25)27-35-14-19(13-33)37(27)3/h4-12,14H,15-16H2,1-3H3. The number of hydrogen-bond donors (Lipinski definition) is 0. The number of alkyl halides is 3. The Morgan fingerprint density at radius 3 is 2.62 bits per heavy atom. The molecule has 0 aliphatic heterocycles. The van der Waals surface area contributed by atoms with Gasteiger partial charge in [0.25, 0.3) is 5.56 Å². The van der Waals surface area contributed by atoms with Gasteiger partial charge in [0, 0.05) is 41.6 Å². The number of pyridine rings is 3. The number of nitrogens with zero attached hydrogens (tertiary/aromatic N) is 6. The minimum absolute atomic E-state index is 0.0494. The maximum absolute atomic E-state index is 13.3. The average molecular weight is 545 g/mol. The third kappa shape index (κ3) is 4.91. The van der Waals surface area contributed by atoms with Crippen molar-refractivity contribution in [1.82, 2.24) is 24.1 Å². The van der Waals surface area contributed by atoms with Crippen LogP contribution in [0.5, 0.6) is 5.75 Å². The summed E-state index contributed by atoms with van der Waals surface area (Å²) in [5.74, 6) is 1.10. The first-order chi connectivity index (χ1) is 19.1. The lowest BCUT2D eigenvalue weighted by atomic mass is 10.1. The van der Waals surface area contributed by atoms with Crippen LogP contribution in [0.4, 0.5) is 13.2 Å². The molecule has 0 radical (unpaired) electrons. The molecule has 0 saturated carbocycles. The van der Waals surface area contributed by atoms with E-state index in [1.807, 2.05) is 32.0 Å². The first kappa shape index (κ1) is 26.6. The summed E-state index contributed by atoms with van der Waals surface area (Å²) >= 11 is 0. The molecule has 0 N–H and O–H groups in total. The van der Waals surface area contributed by atoms with Gasteiger partial charge in [-0.2, -0.15) is 18.4 Å². The Labute approximate surface area is 227 Å². The minimum atomic E-state index is -4.75. The molecule has 4 heterocycles. The van der Waals surface area contributed by atoms with Gasteiger partial charge in [-0.05, 0) is 49.7 Å². The van der Waals surface area contributed by atoms with E-state index >= 15 is 0 Å². The van der Waals surface area contributed by atoms with E-state index in [0.717, 1.165) is 32.8 Å². The van der Waals surface area contributed by atoms with Crippen LogP contribution in [-0.4, -0.2) is 24.1 Å². The van der Waals surface area contributed by atoms with Gasteiger partial charge in [0.05, 0.1) is 18.4 Å². The smallest absolute Gasteiger partial charge is 0.421 e. The van der Waals surface area contributed by atoms with Gasteiger partial charge in [-0.3, -0.25) is 9.78 Å². The summed E-state index contributed by atoms with van der Waals surface area (Å²) in [6, 6.07) is 13.2. The first-order valence-electron chi connectivity index (χ1n) is 12.2. The van der Waals surface area contributed by atoms with Crippen LogP contribution >= 0.6 is 0 Å². The third-order valence-corrected chi connectivity index (χ3v) is 6.67. The molecule has 0 aliphatic rings. The Hall–Kier alpha value is -4.98. The van der Waals surface area contributed by atoms with E-state index in [1.54, 1.807) is 29.9 Å². The highest BCUT2D eigenvalue weighted by Gasteiger charge is 2.34. The molecule has 0 amide bonds. The Balaban J connectivity index is 1.51. The first-order valence-corrected chi connectivity index (χ1v) is 12.2. The van der Waals surface area contributed by atoms with Crippen LogP contribution in [-0.2, 0) is 26.4 Å². The largest absolute Gasteiger partial charge is 0.487 e. The molecule has 0 spiro atoms. The van der Waals surface area contributed by atoms with E-state index in [-0.39, 0.29) is 13.2 Å². The van der Waals surface area contributed by atoms with Crippen molar-refractivity contribution >= 4 is 10.9 Å². The number of ether oxygens (including phenoxy) is 1. The zero-order valence-corrected chi connectivity index (χ0v) is 21.8. The molecular weight excluding hydrogens is 521 g/mol. The van der Waals surface area contributed by atoms with Crippen LogP contribution in [0.3, 0.4) is 0 Å². The van der Waals surface area contributed by atoms with E-state index < -0.39 is 17.3 Å². The van der Waals surface area contributed by atoms with Crippen LogP contribution in [0, 0.1) is 25.2 Å². The van der Waals surface area contributed by atoms with Crippen molar-refractivity contribution in [3.63, 3.8) is 0 Å². The van der Waals surface area contributed by atoms with E-state index in [0.29, 0.717) is 34.0 Å². The SMILES string of the molecule is Cc1cc(-c2ncc(C#N)n2C)c2cccc(OCc3c(C)ccnc3Cn3cccc(C(F)(F)F)c3=O)c2n1. The third-order valence-electron chi connectivity index (χ3n) is 6.67. The fraction of sp³-hybridized carbons (Fsp3) is 0.207. The van der Waals surface area contributed by atoms with Gasteiger partial charge in [-0.1, -0.05) is 12.1 Å². The summed E-state index contributed by atoms with van der Waals surface area (Å²) in [6.45, 7) is 3.59. The van der Waals surface area contributed by atoms with E-state index in [2.05, 4.69) is 16.0 Å². The molecule has 0 bridgehead atoms. The number of aromatic nitrogens is 5. The van der Waals surface area contributed by atoms with Crippen molar-refractivity contribution in [2.24, 2.45) is 7.05 Å². The van der Waals surface area contributed by atoms with Crippen molar-refractivity contribution in [2.75, 3.05) is 0 Å². The second kappa shape index (κ2) is 10.3. The molecule has 5 rings (SSSR count). The topological polar surface area (TPSA) is 98.6 Å². The maximum Gasteiger partial charge on any atom is 0.421 e. The number of hydrogen-bond acceptors (Lipinski definition) is 6. The zero-order chi connectivity index (χ0) is 28.6. The molecule has 0 saturated heterocycles. The van der Waals surface area contributed by atoms with Crippen LogP contribution in [0.2, 0.25) is 0 Å². The Kier molecular flexibility index (Phi) is 6.85. The fourth-order valence-corrected chi connectivity index (χ4v) is 4.58. The van der Waals surface area contributed by atoms with Crippen LogP contribution < -0.4 is 10.3 Å². The number of halogens is 3. The highest BCUT2D eigenvalue weighted by atomic mass is 19.4. The van der Waals surface area contributed by atoms with Gasteiger partial charge < -0.3 is 13.9 Å². The quantitative estimate of drug-likeness (QED) is 0.287. The van der Waals surface area contributed by atoms with Crippen molar-refractivity contribution < 1.29 is 17.9 Å². The van der Waals surface area contributed by atoms with Gasteiger partial charge in [0.1, 0.15) is 41.0 Å². The number of para-hydroxylation sites is 1. The molecular formula is C29H23F3N6O2. The van der Waals surface area contributed by atoms with Crippen LogP contribution in [0.15, 0.2) is 65.8 Å². The highest BCUT2D eigenvalue weighted by molar-refractivity contribution is 5.96. The Bertz CT molecular complexity index is 1850.